The van der Waals surface area contributed by atoms with E-state index in [-0.39, 0.29) is 18.2 Å². The molecule has 5 nitrogen and oxygen atoms in total. The van der Waals surface area contributed by atoms with Gasteiger partial charge in [-0.05, 0) is 57.9 Å². The number of sulfonamides is 1. The number of benzene rings is 1. The zero-order chi connectivity index (χ0) is 16.3. The molecule has 6 heteroatoms. The monoisotopic (exact) mass is 326 g/mol. The van der Waals surface area contributed by atoms with Gasteiger partial charge < -0.3 is 10.5 Å². The van der Waals surface area contributed by atoms with Gasteiger partial charge in [-0.1, -0.05) is 6.42 Å². The first kappa shape index (κ1) is 17.2. The van der Waals surface area contributed by atoms with Crippen LogP contribution in [0.4, 0.5) is 0 Å². The van der Waals surface area contributed by atoms with Gasteiger partial charge in [-0.15, -0.1) is 0 Å². The molecule has 0 aromatic heterocycles. The number of nitrogens with zero attached hydrogens (tertiary/aromatic N) is 1. The number of rotatable bonds is 5. The maximum atomic E-state index is 12.9. The first-order valence-corrected chi connectivity index (χ1v) is 9.30. The summed E-state index contributed by atoms with van der Waals surface area (Å²) >= 11 is 0. The lowest BCUT2D eigenvalue weighted by Gasteiger charge is -2.36. The normalized spacial score (nSPS) is 21.8. The van der Waals surface area contributed by atoms with Crippen LogP contribution in [-0.2, 0) is 10.0 Å². The van der Waals surface area contributed by atoms with Crippen molar-refractivity contribution in [2.24, 2.45) is 5.73 Å². The number of ether oxygens (including phenoxy) is 1. The Labute approximate surface area is 133 Å². The van der Waals surface area contributed by atoms with Crippen molar-refractivity contribution in [2.45, 2.75) is 63.1 Å². The van der Waals surface area contributed by atoms with E-state index >= 15 is 0 Å². The molecule has 22 heavy (non-hydrogen) atoms. The van der Waals surface area contributed by atoms with Crippen LogP contribution in [-0.4, -0.2) is 37.5 Å². The second kappa shape index (κ2) is 6.98. The predicted octanol–water partition coefficient (Wildman–Crippen LogP) is 2.36. The summed E-state index contributed by atoms with van der Waals surface area (Å²) in [6.45, 7) is 6.29. The Morgan fingerprint density at radius 2 is 1.82 bits per heavy atom. The van der Waals surface area contributed by atoms with Gasteiger partial charge in [0, 0.05) is 18.6 Å². The van der Waals surface area contributed by atoms with Gasteiger partial charge in [-0.25, -0.2) is 8.42 Å². The Kier molecular flexibility index (Phi) is 5.47. The van der Waals surface area contributed by atoms with E-state index in [4.69, 9.17) is 10.5 Å². The van der Waals surface area contributed by atoms with Crippen LogP contribution >= 0.6 is 0 Å². The Bertz CT molecular complexity index is 582. The van der Waals surface area contributed by atoms with Crippen molar-refractivity contribution in [3.05, 3.63) is 24.3 Å². The molecule has 0 aliphatic carbocycles. The summed E-state index contributed by atoms with van der Waals surface area (Å²) in [5.41, 5.74) is 5.99. The van der Waals surface area contributed by atoms with Gasteiger partial charge in [-0.3, -0.25) is 0 Å². The van der Waals surface area contributed by atoms with Crippen molar-refractivity contribution in [1.29, 1.82) is 0 Å². The van der Waals surface area contributed by atoms with Gasteiger partial charge in [0.1, 0.15) is 5.75 Å². The quantitative estimate of drug-likeness (QED) is 0.901. The van der Waals surface area contributed by atoms with Crippen LogP contribution in [0.25, 0.3) is 0 Å². The fourth-order valence-electron chi connectivity index (χ4n) is 2.85. The molecule has 0 radical (unpaired) electrons. The maximum absolute atomic E-state index is 12.9. The van der Waals surface area contributed by atoms with Crippen molar-refractivity contribution < 1.29 is 13.2 Å². The standard InChI is InChI=1S/C16H26N2O3S/c1-12(2)21-14-7-9-15(10-8-14)22(19,20)18-11-5-4-6-16(18)13(3)17/h7-10,12-13,16H,4-6,11,17H2,1-3H3. The lowest BCUT2D eigenvalue weighted by molar-refractivity contribution is 0.227. The summed E-state index contributed by atoms with van der Waals surface area (Å²) in [4.78, 5) is 0.302. The fourth-order valence-corrected chi connectivity index (χ4v) is 4.63. The largest absolute Gasteiger partial charge is 0.491 e. The molecular formula is C16H26N2O3S. The van der Waals surface area contributed by atoms with Crippen LogP contribution in [0.15, 0.2) is 29.2 Å². The minimum atomic E-state index is -3.50. The zero-order valence-electron chi connectivity index (χ0n) is 13.5. The first-order chi connectivity index (χ1) is 10.3. The van der Waals surface area contributed by atoms with Crippen LogP contribution < -0.4 is 10.5 Å². The highest BCUT2D eigenvalue weighted by Crippen LogP contribution is 2.27. The van der Waals surface area contributed by atoms with E-state index in [9.17, 15) is 8.42 Å². The van der Waals surface area contributed by atoms with Crippen LogP contribution in [0, 0.1) is 0 Å². The molecule has 1 aromatic rings. The molecule has 2 rings (SSSR count). The lowest BCUT2D eigenvalue weighted by Crippen LogP contribution is -2.51. The van der Waals surface area contributed by atoms with E-state index < -0.39 is 10.0 Å². The molecule has 0 saturated carbocycles. The molecule has 2 atom stereocenters. The molecule has 1 heterocycles. The second-order valence-electron chi connectivity index (χ2n) is 6.18. The summed E-state index contributed by atoms with van der Waals surface area (Å²) in [5, 5.41) is 0. The van der Waals surface area contributed by atoms with Crippen LogP contribution in [0.5, 0.6) is 5.75 Å². The Hall–Kier alpha value is -1.11. The van der Waals surface area contributed by atoms with Crippen molar-refractivity contribution in [3.8, 4) is 5.75 Å². The highest BCUT2D eigenvalue weighted by molar-refractivity contribution is 7.89. The summed E-state index contributed by atoms with van der Waals surface area (Å²) < 4.78 is 32.9. The Balaban J connectivity index is 2.25. The average Bonchev–Trinajstić information content (AvgIpc) is 2.47. The Morgan fingerprint density at radius 3 is 2.36 bits per heavy atom. The minimum absolute atomic E-state index is 0.0621. The molecule has 1 saturated heterocycles. The molecule has 0 amide bonds. The minimum Gasteiger partial charge on any atom is -0.491 e. The summed E-state index contributed by atoms with van der Waals surface area (Å²) in [6, 6.07) is 6.35. The maximum Gasteiger partial charge on any atom is 0.243 e. The van der Waals surface area contributed by atoms with Gasteiger partial charge in [0.25, 0.3) is 0 Å². The first-order valence-electron chi connectivity index (χ1n) is 7.86. The SMILES string of the molecule is CC(C)Oc1ccc(S(=O)(=O)N2CCCCC2C(C)N)cc1. The van der Waals surface area contributed by atoms with E-state index in [0.717, 1.165) is 19.3 Å². The summed E-state index contributed by atoms with van der Waals surface area (Å²) in [7, 11) is -3.50. The van der Waals surface area contributed by atoms with Crippen LogP contribution in [0.3, 0.4) is 0 Å². The van der Waals surface area contributed by atoms with Gasteiger partial charge in [0.15, 0.2) is 0 Å². The molecular weight excluding hydrogens is 300 g/mol. The smallest absolute Gasteiger partial charge is 0.243 e. The van der Waals surface area contributed by atoms with Gasteiger partial charge >= 0.3 is 0 Å². The van der Waals surface area contributed by atoms with Gasteiger partial charge in [-0.2, -0.15) is 4.31 Å². The zero-order valence-corrected chi connectivity index (χ0v) is 14.3. The number of piperidine rings is 1. The summed E-state index contributed by atoms with van der Waals surface area (Å²) in [5.74, 6) is 0.677. The fraction of sp³-hybridized carbons (Fsp3) is 0.625. The molecule has 0 spiro atoms. The van der Waals surface area contributed by atoms with Crippen molar-refractivity contribution in [3.63, 3.8) is 0 Å². The molecule has 1 aliphatic heterocycles. The molecule has 1 fully saturated rings. The number of hydrogen-bond acceptors (Lipinski definition) is 4. The second-order valence-corrected chi connectivity index (χ2v) is 8.07. The third-order valence-electron chi connectivity index (χ3n) is 3.91. The van der Waals surface area contributed by atoms with E-state index in [2.05, 4.69) is 0 Å². The molecule has 1 aliphatic rings. The highest BCUT2D eigenvalue weighted by Gasteiger charge is 2.35. The van der Waals surface area contributed by atoms with E-state index in [0.29, 0.717) is 17.2 Å². The molecule has 2 unspecified atom stereocenters. The van der Waals surface area contributed by atoms with E-state index in [1.54, 1.807) is 28.6 Å². The van der Waals surface area contributed by atoms with E-state index in [1.165, 1.54) is 0 Å². The average molecular weight is 326 g/mol. The Morgan fingerprint density at radius 1 is 1.18 bits per heavy atom. The summed E-state index contributed by atoms with van der Waals surface area (Å²) in [6.07, 6.45) is 2.80. The molecule has 0 bridgehead atoms. The third kappa shape index (κ3) is 3.80. The molecule has 2 N–H and O–H groups in total. The van der Waals surface area contributed by atoms with Gasteiger partial charge in [0.05, 0.1) is 11.0 Å². The third-order valence-corrected chi connectivity index (χ3v) is 5.85. The van der Waals surface area contributed by atoms with Crippen molar-refractivity contribution >= 4 is 10.0 Å². The predicted molar refractivity (Wildman–Crippen MR) is 87.4 cm³/mol. The number of hydrogen-bond donors (Lipinski definition) is 1. The molecule has 1 aromatic carbocycles. The number of nitrogens with two attached hydrogens (primary N) is 1. The highest BCUT2D eigenvalue weighted by atomic mass is 32.2. The van der Waals surface area contributed by atoms with Crippen LogP contribution in [0.1, 0.15) is 40.0 Å². The van der Waals surface area contributed by atoms with Crippen molar-refractivity contribution in [2.75, 3.05) is 6.54 Å². The topological polar surface area (TPSA) is 72.6 Å². The molecule has 124 valence electrons. The van der Waals surface area contributed by atoms with Crippen LogP contribution in [0.2, 0.25) is 0 Å². The van der Waals surface area contributed by atoms with Crippen molar-refractivity contribution in [1.82, 2.24) is 4.31 Å². The van der Waals surface area contributed by atoms with Gasteiger partial charge in [0.2, 0.25) is 10.0 Å². The van der Waals surface area contributed by atoms with E-state index in [1.807, 2.05) is 20.8 Å². The lowest BCUT2D eigenvalue weighted by atomic mass is 10.00.